The molecule has 0 radical (unpaired) electrons. The molecular formula is C9H16. The summed E-state index contributed by atoms with van der Waals surface area (Å²) < 4.78 is 0. The predicted octanol–water partition coefficient (Wildman–Crippen LogP) is 2.69. The van der Waals surface area contributed by atoms with Gasteiger partial charge in [-0.15, -0.1) is 0 Å². The summed E-state index contributed by atoms with van der Waals surface area (Å²) >= 11 is 0. The molecule has 2 aliphatic rings. The molecule has 3 unspecified atom stereocenters. The molecule has 0 saturated heterocycles. The summed E-state index contributed by atoms with van der Waals surface area (Å²) in [7, 11) is 0. The quantitative estimate of drug-likeness (QED) is 0.465. The van der Waals surface area contributed by atoms with Crippen LogP contribution in [0.3, 0.4) is 0 Å². The molecule has 0 bridgehead atoms. The summed E-state index contributed by atoms with van der Waals surface area (Å²) in [4.78, 5) is 0. The summed E-state index contributed by atoms with van der Waals surface area (Å²) in [5.74, 6) is 3.17. The lowest BCUT2D eigenvalue weighted by Crippen LogP contribution is -1.94. The van der Waals surface area contributed by atoms with Gasteiger partial charge in [0.2, 0.25) is 0 Å². The molecule has 2 aliphatic carbocycles. The second-order valence-electron chi connectivity index (χ2n) is 4.34. The summed E-state index contributed by atoms with van der Waals surface area (Å²) in [6.45, 7) is 7.30. The molecule has 0 spiro atoms. The maximum Gasteiger partial charge on any atom is -0.0264 e. The molecule has 2 fully saturated rings. The largest absolute Gasteiger partial charge is 0.0622 e. The molecule has 4 atom stereocenters. The summed E-state index contributed by atoms with van der Waals surface area (Å²) in [6, 6.07) is 0. The Morgan fingerprint density at radius 2 is 2.00 bits per heavy atom. The van der Waals surface area contributed by atoms with Gasteiger partial charge in [0.25, 0.3) is 0 Å². The molecule has 52 valence electrons. The van der Waals surface area contributed by atoms with E-state index in [1.54, 1.807) is 0 Å². The molecule has 9 heavy (non-hydrogen) atoms. The Labute approximate surface area is 57.6 Å². The van der Waals surface area contributed by atoms with E-state index in [2.05, 4.69) is 20.8 Å². The van der Waals surface area contributed by atoms with Gasteiger partial charge in [0.05, 0.1) is 0 Å². The molecule has 0 heteroatoms. The third-order valence-electron chi connectivity index (χ3n) is 3.98. The first-order valence-electron chi connectivity index (χ1n) is 4.16. The normalized spacial score (nSPS) is 63.7. The van der Waals surface area contributed by atoms with Gasteiger partial charge in [0.15, 0.2) is 0 Å². The fourth-order valence-electron chi connectivity index (χ4n) is 3.09. The minimum atomic E-state index is 0.791. The third-order valence-corrected chi connectivity index (χ3v) is 3.98. The first kappa shape index (κ1) is 5.76. The van der Waals surface area contributed by atoms with E-state index in [4.69, 9.17) is 0 Å². The smallest absolute Gasteiger partial charge is 0.0264 e. The van der Waals surface area contributed by atoms with E-state index in [0.717, 1.165) is 23.2 Å². The lowest BCUT2D eigenvalue weighted by molar-refractivity contribution is 0.465. The Balaban J connectivity index is 2.18. The van der Waals surface area contributed by atoms with E-state index < -0.39 is 0 Å². The molecule has 2 saturated carbocycles. The van der Waals surface area contributed by atoms with Gasteiger partial charge in [0, 0.05) is 0 Å². The van der Waals surface area contributed by atoms with Crippen LogP contribution in [0.15, 0.2) is 0 Å². The van der Waals surface area contributed by atoms with Crippen molar-refractivity contribution in [3.05, 3.63) is 0 Å². The predicted molar refractivity (Wildman–Crippen MR) is 39.2 cm³/mol. The molecule has 0 aliphatic heterocycles. The summed E-state index contributed by atoms with van der Waals surface area (Å²) in [5.41, 5.74) is 0.791. The van der Waals surface area contributed by atoms with Gasteiger partial charge in [-0.05, 0) is 36.0 Å². The highest BCUT2D eigenvalue weighted by molar-refractivity contribution is 5.11. The lowest BCUT2D eigenvalue weighted by Gasteiger charge is -2.04. The van der Waals surface area contributed by atoms with Crippen LogP contribution in [-0.2, 0) is 0 Å². The van der Waals surface area contributed by atoms with Crippen LogP contribution in [0.4, 0.5) is 0 Å². The Morgan fingerprint density at radius 1 is 1.33 bits per heavy atom. The van der Waals surface area contributed by atoms with E-state index in [-0.39, 0.29) is 0 Å². The molecule has 0 amide bonds. The Kier molecular flexibility index (Phi) is 0.868. The van der Waals surface area contributed by atoms with E-state index in [9.17, 15) is 0 Å². The van der Waals surface area contributed by atoms with Crippen molar-refractivity contribution in [2.24, 2.45) is 23.2 Å². The highest BCUT2D eigenvalue weighted by Crippen LogP contribution is 2.69. The zero-order valence-electron chi connectivity index (χ0n) is 6.65. The van der Waals surface area contributed by atoms with Crippen molar-refractivity contribution < 1.29 is 0 Å². The van der Waals surface area contributed by atoms with Crippen molar-refractivity contribution in [3.63, 3.8) is 0 Å². The first-order chi connectivity index (χ1) is 4.16. The van der Waals surface area contributed by atoms with E-state index >= 15 is 0 Å². The van der Waals surface area contributed by atoms with Gasteiger partial charge in [-0.1, -0.05) is 20.8 Å². The van der Waals surface area contributed by atoms with E-state index in [0.29, 0.717) is 0 Å². The van der Waals surface area contributed by atoms with Gasteiger partial charge in [0.1, 0.15) is 0 Å². The van der Waals surface area contributed by atoms with Gasteiger partial charge in [-0.25, -0.2) is 0 Å². The summed E-state index contributed by atoms with van der Waals surface area (Å²) in [6.07, 6.45) is 2.99. The standard InChI is InChI=1S/C9H16/c1-6-4-5-9(3)7(2)8(6)9/h6-8H,4-5H2,1-3H3/t6?,7?,8?,9-/m0/s1. The average Bonchev–Trinajstić information content (AvgIpc) is 2.13. The maximum absolute atomic E-state index is 2.46. The SMILES string of the molecule is CC1CC[C@@]2(C)C(C)C12. The first-order valence-corrected chi connectivity index (χ1v) is 4.16. The van der Waals surface area contributed by atoms with Crippen molar-refractivity contribution in [1.29, 1.82) is 0 Å². The highest BCUT2D eigenvalue weighted by Gasteiger charge is 2.63. The number of rotatable bonds is 0. The maximum atomic E-state index is 2.46. The highest BCUT2D eigenvalue weighted by atomic mass is 14.7. The average molecular weight is 124 g/mol. The molecule has 0 heterocycles. The van der Waals surface area contributed by atoms with Crippen LogP contribution >= 0.6 is 0 Å². The van der Waals surface area contributed by atoms with Crippen molar-refractivity contribution in [2.75, 3.05) is 0 Å². The van der Waals surface area contributed by atoms with E-state index in [1.165, 1.54) is 12.8 Å². The number of fused-ring (bicyclic) bond motifs is 1. The van der Waals surface area contributed by atoms with Crippen LogP contribution in [0.5, 0.6) is 0 Å². The fraction of sp³-hybridized carbons (Fsp3) is 1.00. The zero-order valence-corrected chi connectivity index (χ0v) is 6.65. The number of hydrogen-bond donors (Lipinski definition) is 0. The monoisotopic (exact) mass is 124 g/mol. The fourth-order valence-corrected chi connectivity index (χ4v) is 3.09. The van der Waals surface area contributed by atoms with Gasteiger partial charge >= 0.3 is 0 Å². The van der Waals surface area contributed by atoms with Crippen LogP contribution in [-0.4, -0.2) is 0 Å². The van der Waals surface area contributed by atoms with Crippen LogP contribution in [0, 0.1) is 23.2 Å². The van der Waals surface area contributed by atoms with Crippen LogP contribution < -0.4 is 0 Å². The number of hydrogen-bond acceptors (Lipinski definition) is 0. The van der Waals surface area contributed by atoms with Crippen molar-refractivity contribution in [3.8, 4) is 0 Å². The molecule has 0 nitrogen and oxygen atoms in total. The van der Waals surface area contributed by atoms with Crippen LogP contribution in [0.1, 0.15) is 33.6 Å². The Morgan fingerprint density at radius 3 is 2.22 bits per heavy atom. The summed E-state index contributed by atoms with van der Waals surface area (Å²) in [5, 5.41) is 0. The molecule has 0 N–H and O–H groups in total. The Hall–Kier alpha value is 0. The minimum absolute atomic E-state index is 0.791. The Bertz CT molecular complexity index is 135. The topological polar surface area (TPSA) is 0 Å². The second-order valence-corrected chi connectivity index (χ2v) is 4.34. The molecule has 0 aromatic rings. The second kappa shape index (κ2) is 1.36. The van der Waals surface area contributed by atoms with Gasteiger partial charge in [-0.2, -0.15) is 0 Å². The van der Waals surface area contributed by atoms with Crippen molar-refractivity contribution >= 4 is 0 Å². The van der Waals surface area contributed by atoms with Crippen molar-refractivity contribution in [1.82, 2.24) is 0 Å². The zero-order chi connectivity index (χ0) is 6.65. The van der Waals surface area contributed by atoms with Crippen LogP contribution in [0.2, 0.25) is 0 Å². The molecule has 0 aromatic heterocycles. The van der Waals surface area contributed by atoms with Crippen LogP contribution in [0.25, 0.3) is 0 Å². The molecular weight excluding hydrogens is 108 g/mol. The minimum Gasteiger partial charge on any atom is -0.0622 e. The van der Waals surface area contributed by atoms with Crippen molar-refractivity contribution in [2.45, 2.75) is 33.6 Å². The van der Waals surface area contributed by atoms with Gasteiger partial charge < -0.3 is 0 Å². The third kappa shape index (κ3) is 0.500. The van der Waals surface area contributed by atoms with E-state index in [1.807, 2.05) is 0 Å². The molecule has 0 aromatic carbocycles. The van der Waals surface area contributed by atoms with Gasteiger partial charge in [-0.3, -0.25) is 0 Å². The molecule has 2 rings (SSSR count). The lowest BCUT2D eigenvalue weighted by atomic mass is 10.0.